The first-order valence-corrected chi connectivity index (χ1v) is 44.8. The summed E-state index contributed by atoms with van der Waals surface area (Å²) in [7, 11) is 2.14. The topological polar surface area (TPSA) is 94.2 Å². The van der Waals surface area contributed by atoms with Crippen LogP contribution in [0.2, 0.25) is 0 Å². The van der Waals surface area contributed by atoms with Gasteiger partial charge >= 0.3 is 0 Å². The molecule has 10 aromatic carbocycles. The Hall–Kier alpha value is -11.0. The molecule has 0 aliphatic carbocycles. The number of rotatable bonds is 4. The number of fused-ring (bicyclic) bond motifs is 10. The maximum atomic E-state index is 14.8. The minimum Gasteiger partial charge on any atom is -0.354 e. The number of piperazine rings is 5. The van der Waals surface area contributed by atoms with Crippen LogP contribution in [0.1, 0.15) is 139 Å². The van der Waals surface area contributed by atoms with Crippen molar-refractivity contribution in [3.8, 4) is 0 Å². The maximum Gasteiger partial charge on any atom is 0.139 e. The van der Waals surface area contributed by atoms with Gasteiger partial charge in [0.2, 0.25) is 0 Å². The van der Waals surface area contributed by atoms with Gasteiger partial charge in [0.05, 0.1) is 34.0 Å². The highest BCUT2D eigenvalue weighted by molar-refractivity contribution is 6.06. The van der Waals surface area contributed by atoms with E-state index in [9.17, 15) is 22.0 Å². The lowest BCUT2D eigenvalue weighted by molar-refractivity contribution is 0.190. The average molecular weight is 1670 g/mol. The van der Waals surface area contributed by atoms with Crippen LogP contribution in [0.25, 0.3) is 0 Å². The summed E-state index contributed by atoms with van der Waals surface area (Å²) in [6.45, 7) is 43.0. The Morgan fingerprint density at radius 1 is 0.250 bits per heavy atom. The third-order valence-electron chi connectivity index (χ3n) is 26.2. The predicted octanol–water partition coefficient (Wildman–Crippen LogP) is 18.4. The Bertz CT molecular complexity index is 5650. The molecular formula is C104H118F5N15. The second-order valence-corrected chi connectivity index (χ2v) is 34.6. The standard InChI is InChI=1S/4C21H24FN3.C20H22FN3/c1-3-24-8-10-25(11-9-24)21-19-14-18(22)7-6-16(19)13-17-5-4-15(2)12-20(17)23-21;1-3-24-8-10-25(11-9-24)21-19-7-6-18(22)14-17(19)13-16-5-4-15(2)12-20(16)23-21;1-3-24-9-11-25(12-10-24)21-17-5-4-6-19(22)18(17)14-16-8-7-15(2)13-20(16)23-21;1-3-24-9-11-25(12-10-24)21-20-17(5-4-6-18(20)22)14-16-8-7-15(2)13-19(16)23-21;1-14-6-7-15-13-17-16(4-3-5-18(17)21)20(22-19(15)12-14)24-10-8-23(2)9-11-24/h2*4-7,12,14H,3,8-11,13H2,1-2H3;2*4-8,13H,3,9-12,14H2,1-2H3;3-7,12H,8-11,13H2,1-2H3. The largest absolute Gasteiger partial charge is 0.354 e. The van der Waals surface area contributed by atoms with Crippen molar-refractivity contribution in [2.75, 3.05) is 164 Å². The summed E-state index contributed by atoms with van der Waals surface area (Å²) in [5, 5.41) is 0. The summed E-state index contributed by atoms with van der Waals surface area (Å²) in [6.07, 6.45) is 3.44. The number of benzene rings is 10. The lowest BCUT2D eigenvalue weighted by Crippen LogP contribution is -2.49. The SMILES string of the molecule is CCN1CCN(C2=Nc3cc(C)ccc3Cc3c(F)cccc32)CC1.CCN1CCN(C2=Nc3cc(C)ccc3Cc3cc(F)ccc32)CC1.CCN1CCN(C2=Nc3cc(C)ccc3Cc3ccc(F)cc32)CC1.CCN1CCN(C2=Nc3cc(C)ccc3Cc3cccc(F)c32)CC1.Cc1ccc2c(c1)N=C(N1CCN(C)CC1)c1cccc(F)c1C2. The fourth-order valence-corrected chi connectivity index (χ4v) is 18.5. The van der Waals surface area contributed by atoms with E-state index in [4.69, 9.17) is 25.0 Å². The minimum absolute atomic E-state index is 0.134. The zero-order valence-electron chi connectivity index (χ0n) is 73.9. The molecule has 15 nitrogen and oxygen atoms in total. The number of amidine groups is 5. The average Bonchev–Trinajstić information content (AvgIpc) is 1.66. The van der Waals surface area contributed by atoms with Crippen LogP contribution >= 0.6 is 0 Å². The molecule has 10 aliphatic heterocycles. The van der Waals surface area contributed by atoms with Crippen LogP contribution in [0, 0.1) is 63.7 Å². The second-order valence-electron chi connectivity index (χ2n) is 34.6. The molecule has 0 amide bonds. The van der Waals surface area contributed by atoms with E-state index in [0.29, 0.717) is 18.4 Å². The van der Waals surface area contributed by atoms with E-state index in [1.807, 2.05) is 30.3 Å². The van der Waals surface area contributed by atoms with Crippen LogP contribution in [-0.2, 0) is 32.1 Å². The molecule has 0 N–H and O–H groups in total. The lowest BCUT2D eigenvalue weighted by atomic mass is 9.98. The van der Waals surface area contributed by atoms with E-state index in [0.717, 1.165) is 295 Å². The Labute approximate surface area is 730 Å². The fraction of sp³-hybridized carbons (Fsp3) is 0.375. The summed E-state index contributed by atoms with van der Waals surface area (Å²) < 4.78 is 71.8. The van der Waals surface area contributed by atoms with Crippen LogP contribution < -0.4 is 0 Å². The molecule has 124 heavy (non-hydrogen) atoms. The van der Waals surface area contributed by atoms with Gasteiger partial charge in [-0.25, -0.2) is 46.9 Å². The monoisotopic (exact) mass is 1670 g/mol. The second kappa shape index (κ2) is 39.0. The third-order valence-corrected chi connectivity index (χ3v) is 26.2. The number of hydrogen-bond acceptors (Lipinski definition) is 15. The van der Waals surface area contributed by atoms with Gasteiger partial charge in [-0.2, -0.15) is 0 Å². The highest BCUT2D eigenvalue weighted by atomic mass is 19.1. The molecule has 5 fully saturated rings. The van der Waals surface area contributed by atoms with Crippen LogP contribution in [-0.4, -0.2) is 242 Å². The first-order chi connectivity index (χ1) is 60.2. The van der Waals surface area contributed by atoms with Crippen molar-refractivity contribution in [1.29, 1.82) is 0 Å². The molecule has 0 unspecified atom stereocenters. The molecule has 10 heterocycles. The number of aliphatic imine (C=N–C) groups is 5. The molecule has 0 saturated carbocycles. The molecule has 0 atom stereocenters. The highest BCUT2D eigenvalue weighted by Crippen LogP contribution is 2.39. The molecular weight excluding hydrogens is 1550 g/mol. The van der Waals surface area contributed by atoms with Gasteiger partial charge in [0.1, 0.15) is 58.3 Å². The van der Waals surface area contributed by atoms with E-state index in [2.05, 4.69) is 209 Å². The summed E-state index contributed by atoms with van der Waals surface area (Å²) in [5.74, 6) is 3.76. The molecule has 0 radical (unpaired) electrons. The Kier molecular flexibility index (Phi) is 27.2. The number of hydrogen-bond donors (Lipinski definition) is 0. The van der Waals surface area contributed by atoms with Crippen LogP contribution in [0.3, 0.4) is 0 Å². The Morgan fingerprint density at radius 3 is 0.944 bits per heavy atom. The Morgan fingerprint density at radius 2 is 0.548 bits per heavy atom. The molecule has 644 valence electrons. The zero-order valence-corrected chi connectivity index (χ0v) is 73.9. The van der Waals surface area contributed by atoms with Gasteiger partial charge in [0, 0.05) is 196 Å². The first-order valence-electron chi connectivity index (χ1n) is 44.8. The number of nitrogens with zero attached hydrogens (tertiary/aromatic N) is 15. The minimum atomic E-state index is -0.194. The van der Waals surface area contributed by atoms with Crippen molar-refractivity contribution in [1.82, 2.24) is 49.0 Å². The molecule has 20 heteroatoms. The van der Waals surface area contributed by atoms with E-state index in [-0.39, 0.29) is 29.1 Å². The van der Waals surface area contributed by atoms with Crippen LogP contribution in [0.15, 0.2) is 207 Å². The van der Waals surface area contributed by atoms with E-state index in [1.165, 1.54) is 44.5 Å². The molecule has 10 aliphatic rings. The van der Waals surface area contributed by atoms with Gasteiger partial charge in [-0.15, -0.1) is 0 Å². The molecule has 0 aromatic heterocycles. The fourth-order valence-electron chi connectivity index (χ4n) is 18.5. The van der Waals surface area contributed by atoms with Crippen LogP contribution in [0.4, 0.5) is 50.4 Å². The van der Waals surface area contributed by atoms with Crippen LogP contribution in [0.5, 0.6) is 0 Å². The summed E-state index contributed by atoms with van der Waals surface area (Å²) in [5.41, 5.74) is 26.0. The smallest absolute Gasteiger partial charge is 0.139 e. The number of likely N-dealkylation sites (N-methyl/N-ethyl adjacent to an activating group) is 5. The molecule has 10 aromatic rings. The van der Waals surface area contributed by atoms with E-state index in [1.54, 1.807) is 60.7 Å². The van der Waals surface area contributed by atoms with Crippen molar-refractivity contribution in [2.24, 2.45) is 25.0 Å². The maximum absolute atomic E-state index is 14.8. The lowest BCUT2D eigenvalue weighted by Gasteiger charge is -2.36. The molecule has 0 spiro atoms. The number of aryl methyl sites for hydroxylation is 5. The van der Waals surface area contributed by atoms with Crippen molar-refractivity contribution >= 4 is 57.6 Å². The summed E-state index contributed by atoms with van der Waals surface area (Å²) in [4.78, 5) is 48.7. The van der Waals surface area contributed by atoms with Gasteiger partial charge in [0.15, 0.2) is 0 Å². The third kappa shape index (κ3) is 19.9. The molecule has 20 rings (SSSR count). The van der Waals surface area contributed by atoms with Crippen molar-refractivity contribution in [3.63, 3.8) is 0 Å². The highest BCUT2D eigenvalue weighted by Gasteiger charge is 2.33. The van der Waals surface area contributed by atoms with Gasteiger partial charge in [-0.3, -0.25) is 0 Å². The predicted molar refractivity (Wildman–Crippen MR) is 497 cm³/mol. The van der Waals surface area contributed by atoms with Crippen molar-refractivity contribution < 1.29 is 22.0 Å². The zero-order chi connectivity index (χ0) is 86.2. The van der Waals surface area contributed by atoms with Crippen molar-refractivity contribution in [2.45, 2.75) is 94.4 Å². The quantitative estimate of drug-likeness (QED) is 0.159. The molecule has 0 bridgehead atoms. The first kappa shape index (κ1) is 86.5. The summed E-state index contributed by atoms with van der Waals surface area (Å²) in [6, 6.07) is 58.1. The summed E-state index contributed by atoms with van der Waals surface area (Å²) >= 11 is 0. The van der Waals surface area contributed by atoms with Crippen molar-refractivity contribution in [3.05, 3.63) is 322 Å². The van der Waals surface area contributed by atoms with E-state index >= 15 is 0 Å². The Balaban J connectivity index is 0.000000115. The van der Waals surface area contributed by atoms with Gasteiger partial charge in [-0.1, -0.05) is 131 Å². The normalized spacial score (nSPS) is 17.6. The van der Waals surface area contributed by atoms with Gasteiger partial charge in [0.25, 0.3) is 0 Å². The molecule has 5 saturated heterocycles. The van der Waals surface area contributed by atoms with Gasteiger partial charge < -0.3 is 49.0 Å². The number of halogens is 5. The van der Waals surface area contributed by atoms with Gasteiger partial charge in [-0.05, 0) is 219 Å². The van der Waals surface area contributed by atoms with E-state index < -0.39 is 0 Å².